The Morgan fingerprint density at radius 3 is 2.08 bits per heavy atom. The molecule has 0 bridgehead atoms. The van der Waals surface area contributed by atoms with Crippen molar-refractivity contribution in [2.75, 3.05) is 26.2 Å². The van der Waals surface area contributed by atoms with Crippen LogP contribution in [0, 0.1) is 6.92 Å². The zero-order valence-corrected chi connectivity index (χ0v) is 23.3. The van der Waals surface area contributed by atoms with Gasteiger partial charge in [0.15, 0.2) is 0 Å². The number of nitrogens with zero attached hydrogens (tertiary/aromatic N) is 2. The minimum absolute atomic E-state index is 0.122. The number of rotatable bonds is 11. The lowest BCUT2D eigenvalue weighted by Gasteiger charge is -2.28. The second kappa shape index (κ2) is 12.8. The zero-order valence-electron chi connectivity index (χ0n) is 23.3. The van der Waals surface area contributed by atoms with E-state index in [0.717, 1.165) is 30.6 Å². The fourth-order valence-corrected chi connectivity index (χ4v) is 4.90. The smallest absolute Gasteiger partial charge is 0.295 e. The van der Waals surface area contributed by atoms with Gasteiger partial charge in [0.2, 0.25) is 0 Å². The molecule has 4 rings (SSSR count). The van der Waals surface area contributed by atoms with E-state index >= 15 is 0 Å². The molecule has 3 aromatic carbocycles. The summed E-state index contributed by atoms with van der Waals surface area (Å²) < 4.78 is 5.90. The summed E-state index contributed by atoms with van der Waals surface area (Å²) >= 11 is 0. The second-order valence-electron chi connectivity index (χ2n) is 9.91. The van der Waals surface area contributed by atoms with Gasteiger partial charge in [0.1, 0.15) is 18.1 Å². The van der Waals surface area contributed by atoms with Gasteiger partial charge in [-0.3, -0.25) is 9.59 Å². The highest BCUT2D eigenvalue weighted by Gasteiger charge is 2.45. The van der Waals surface area contributed by atoms with E-state index in [1.54, 1.807) is 29.2 Å². The number of Topliss-reactive ketones (excluding diaryl/α,β-unsaturated/α-hetero) is 1. The normalized spacial score (nSPS) is 16.7. The van der Waals surface area contributed by atoms with Gasteiger partial charge >= 0.3 is 0 Å². The van der Waals surface area contributed by atoms with Crippen molar-refractivity contribution in [1.82, 2.24) is 9.80 Å². The summed E-state index contributed by atoms with van der Waals surface area (Å²) in [6.07, 6.45) is 0.890. The molecule has 3 aromatic rings. The maximum absolute atomic E-state index is 13.3. The van der Waals surface area contributed by atoms with Gasteiger partial charge in [0.25, 0.3) is 11.7 Å². The fourth-order valence-electron chi connectivity index (χ4n) is 4.90. The lowest BCUT2D eigenvalue weighted by atomic mass is 9.94. The monoisotopic (exact) mass is 526 g/mol. The Kier molecular flexibility index (Phi) is 9.20. The molecule has 0 aromatic heterocycles. The number of carbonyl (C=O) groups excluding carboxylic acids is 2. The summed E-state index contributed by atoms with van der Waals surface area (Å²) in [5.41, 5.74) is 4.82. The molecule has 1 heterocycles. The summed E-state index contributed by atoms with van der Waals surface area (Å²) in [4.78, 5) is 30.4. The van der Waals surface area contributed by atoms with Gasteiger partial charge in [0.05, 0.1) is 11.6 Å². The average Bonchev–Trinajstić information content (AvgIpc) is 3.22. The van der Waals surface area contributed by atoms with Crippen LogP contribution in [0.4, 0.5) is 0 Å². The molecule has 0 saturated carbocycles. The van der Waals surface area contributed by atoms with Crippen molar-refractivity contribution in [3.05, 3.63) is 106 Å². The van der Waals surface area contributed by atoms with Crippen molar-refractivity contribution in [2.45, 2.75) is 46.8 Å². The highest BCUT2D eigenvalue weighted by Crippen LogP contribution is 2.39. The minimum Gasteiger partial charge on any atom is -0.507 e. The van der Waals surface area contributed by atoms with Crippen molar-refractivity contribution in [3.63, 3.8) is 0 Å². The van der Waals surface area contributed by atoms with E-state index in [-0.39, 0.29) is 11.3 Å². The summed E-state index contributed by atoms with van der Waals surface area (Å²) in [6.45, 7) is 11.5. The van der Waals surface area contributed by atoms with Gasteiger partial charge < -0.3 is 19.6 Å². The Hall–Kier alpha value is -3.90. The largest absolute Gasteiger partial charge is 0.507 e. The van der Waals surface area contributed by atoms with Crippen LogP contribution in [-0.2, 0) is 22.6 Å². The number of likely N-dealkylation sites (tertiary alicyclic amines) is 1. The SMILES string of the molecule is CCc1ccc(C2/C(=C(/O)c3ccc(OCc4ccc(C)cc4)cc3)C(=O)C(=O)N2CCN(CC)CC)cc1. The van der Waals surface area contributed by atoms with E-state index in [4.69, 9.17) is 4.74 Å². The minimum atomic E-state index is -0.656. The molecule has 0 aliphatic carbocycles. The molecular weight excluding hydrogens is 488 g/mol. The summed E-state index contributed by atoms with van der Waals surface area (Å²) in [6, 6.07) is 22.4. The van der Waals surface area contributed by atoms with Crippen LogP contribution in [0.15, 0.2) is 78.4 Å². The number of aliphatic hydroxyl groups is 1. The Morgan fingerprint density at radius 1 is 0.872 bits per heavy atom. The van der Waals surface area contributed by atoms with Gasteiger partial charge in [-0.1, -0.05) is 74.9 Å². The maximum atomic E-state index is 13.3. The molecule has 0 spiro atoms. The summed E-state index contributed by atoms with van der Waals surface area (Å²) in [5, 5.41) is 11.4. The number of ketones is 1. The van der Waals surface area contributed by atoms with Gasteiger partial charge in [-0.2, -0.15) is 0 Å². The highest BCUT2D eigenvalue weighted by molar-refractivity contribution is 6.46. The van der Waals surface area contributed by atoms with E-state index in [1.165, 1.54) is 11.1 Å². The molecule has 39 heavy (non-hydrogen) atoms. The Bertz CT molecular complexity index is 1310. The van der Waals surface area contributed by atoms with Gasteiger partial charge in [-0.05, 0) is 67.4 Å². The molecule has 1 fully saturated rings. The molecule has 6 nitrogen and oxygen atoms in total. The van der Waals surface area contributed by atoms with Crippen molar-refractivity contribution in [2.24, 2.45) is 0 Å². The van der Waals surface area contributed by atoms with Gasteiger partial charge in [0, 0.05) is 18.7 Å². The molecule has 0 radical (unpaired) electrons. The third-order valence-electron chi connectivity index (χ3n) is 7.45. The molecule has 6 heteroatoms. The van der Waals surface area contributed by atoms with Crippen molar-refractivity contribution in [1.29, 1.82) is 0 Å². The van der Waals surface area contributed by atoms with Crippen molar-refractivity contribution in [3.8, 4) is 5.75 Å². The molecule has 1 aliphatic heterocycles. The first-order valence-corrected chi connectivity index (χ1v) is 13.7. The number of amides is 1. The first-order valence-electron chi connectivity index (χ1n) is 13.7. The molecule has 1 unspecified atom stereocenters. The number of hydrogen-bond donors (Lipinski definition) is 1. The second-order valence-corrected chi connectivity index (χ2v) is 9.91. The topological polar surface area (TPSA) is 70.1 Å². The molecular formula is C33H38N2O4. The Morgan fingerprint density at radius 2 is 1.49 bits per heavy atom. The van der Waals surface area contributed by atoms with Crippen molar-refractivity contribution >= 4 is 17.4 Å². The Labute approximate surface area is 231 Å². The number of ether oxygens (including phenoxy) is 1. The quantitative estimate of drug-likeness (QED) is 0.191. The third kappa shape index (κ3) is 6.40. The fraction of sp³-hybridized carbons (Fsp3) is 0.333. The van der Waals surface area contributed by atoms with E-state index in [1.807, 2.05) is 55.5 Å². The van der Waals surface area contributed by atoms with E-state index in [2.05, 4.69) is 25.7 Å². The third-order valence-corrected chi connectivity index (χ3v) is 7.45. The molecule has 1 N–H and O–H groups in total. The number of aryl methyl sites for hydroxylation is 2. The van der Waals surface area contributed by atoms with Crippen LogP contribution in [0.3, 0.4) is 0 Å². The zero-order chi connectivity index (χ0) is 27.9. The first-order chi connectivity index (χ1) is 18.9. The van der Waals surface area contributed by atoms with Crippen LogP contribution < -0.4 is 4.74 Å². The molecule has 1 saturated heterocycles. The number of benzene rings is 3. The summed E-state index contributed by atoms with van der Waals surface area (Å²) in [5.74, 6) is -0.755. The molecule has 204 valence electrons. The molecule has 1 atom stereocenters. The van der Waals surface area contributed by atoms with E-state index in [0.29, 0.717) is 31.0 Å². The maximum Gasteiger partial charge on any atom is 0.295 e. The van der Waals surface area contributed by atoms with Crippen LogP contribution in [0.25, 0.3) is 5.76 Å². The average molecular weight is 527 g/mol. The number of aliphatic hydroxyl groups excluding tert-OH is 1. The van der Waals surface area contributed by atoms with Crippen LogP contribution in [0.2, 0.25) is 0 Å². The van der Waals surface area contributed by atoms with Gasteiger partial charge in [-0.25, -0.2) is 0 Å². The first kappa shape index (κ1) is 28.1. The molecule has 1 amide bonds. The summed E-state index contributed by atoms with van der Waals surface area (Å²) in [7, 11) is 0. The van der Waals surface area contributed by atoms with Crippen LogP contribution in [0.1, 0.15) is 54.6 Å². The van der Waals surface area contributed by atoms with E-state index in [9.17, 15) is 14.7 Å². The van der Waals surface area contributed by atoms with Gasteiger partial charge in [-0.15, -0.1) is 0 Å². The predicted molar refractivity (Wildman–Crippen MR) is 155 cm³/mol. The number of hydrogen-bond acceptors (Lipinski definition) is 5. The predicted octanol–water partition coefficient (Wildman–Crippen LogP) is 5.90. The highest BCUT2D eigenvalue weighted by atomic mass is 16.5. The Balaban J connectivity index is 1.63. The molecule has 1 aliphatic rings. The van der Waals surface area contributed by atoms with Crippen molar-refractivity contribution < 1.29 is 19.4 Å². The standard InChI is InChI=1S/C33H38N2O4/c1-5-24-12-14-26(15-13-24)30-29(32(37)33(38)35(30)21-20-34(6-2)7-3)31(36)27-16-18-28(19-17-27)39-22-25-10-8-23(4)9-11-25/h8-19,30,36H,5-7,20-22H2,1-4H3/b31-29-. The van der Waals surface area contributed by atoms with E-state index < -0.39 is 17.7 Å². The van der Waals surface area contributed by atoms with Crippen LogP contribution >= 0.6 is 0 Å². The number of likely N-dealkylation sites (N-methyl/N-ethyl adjacent to an activating group) is 1. The van der Waals surface area contributed by atoms with Crippen LogP contribution in [-0.4, -0.2) is 52.8 Å². The number of carbonyl (C=O) groups is 2. The van der Waals surface area contributed by atoms with Crippen LogP contribution in [0.5, 0.6) is 5.75 Å². The lowest BCUT2D eigenvalue weighted by molar-refractivity contribution is -0.140. The lowest BCUT2D eigenvalue weighted by Crippen LogP contribution is -2.38.